The Bertz CT molecular complexity index is 3670. The van der Waals surface area contributed by atoms with Gasteiger partial charge in [0, 0.05) is 54.3 Å². The van der Waals surface area contributed by atoms with Crippen LogP contribution in [0.3, 0.4) is 0 Å². The van der Waals surface area contributed by atoms with Crippen molar-refractivity contribution in [1.29, 1.82) is 0 Å². The van der Waals surface area contributed by atoms with Gasteiger partial charge in [0.1, 0.15) is 0 Å². The molecular formula is C52H36N6. The summed E-state index contributed by atoms with van der Waals surface area (Å²) in [6, 6.07) is 44.5. The van der Waals surface area contributed by atoms with Gasteiger partial charge in [-0.1, -0.05) is 134 Å². The Kier molecular flexibility index (Phi) is 6.58. The average Bonchev–Trinajstić information content (AvgIpc) is 4.02. The smallest absolute Gasteiger partial charge is 0.158 e. The highest BCUT2D eigenvalue weighted by atomic mass is 15.2. The van der Waals surface area contributed by atoms with Crippen LogP contribution in [-0.4, -0.2) is 28.2 Å². The standard InChI is InChI=1S/C52H36N6/c1-3-15-33(16-4-1)55-43-23-11-7-19-35(43)39-27-29-41-37-21-9-13-25-45(37)57(51(41)49(39)55)47-31-53-32-48(54-47)58-46-26-14-10-22-38(46)42-30-28-40-36-20-8-12-24-44(36)56(50(40)52(42)58)34-17-5-2-6-18-34/h1,3-5,7-15,17-33H,2,6,16H2. The monoisotopic (exact) mass is 744 g/mol. The van der Waals surface area contributed by atoms with Crippen LogP contribution in [0.5, 0.6) is 0 Å². The average molecular weight is 745 g/mol. The number of nitrogens with zero attached hydrogens (tertiary/aromatic N) is 6. The van der Waals surface area contributed by atoms with Gasteiger partial charge in [-0.3, -0.25) is 14.1 Å². The van der Waals surface area contributed by atoms with Crippen molar-refractivity contribution < 1.29 is 0 Å². The first kappa shape index (κ1) is 31.7. The third-order valence-corrected chi connectivity index (χ3v) is 12.6. The molecule has 11 aromatic rings. The molecule has 0 aliphatic heterocycles. The SMILES string of the molecule is C1=CCC(n2c3ccccc3c3ccc4c5ccccc5n(-c5cncc(-n6c7ccccc7c7ccc8c9ccccc9n(C9=CCCC=C9)c8c76)n5)c4c32)C=C1. The molecule has 13 rings (SSSR count). The molecule has 58 heavy (non-hydrogen) atoms. The van der Waals surface area contributed by atoms with Crippen LogP contribution in [0.25, 0.3) is 105 Å². The van der Waals surface area contributed by atoms with Crippen LogP contribution in [0, 0.1) is 0 Å². The molecule has 0 radical (unpaired) electrons. The fraction of sp³-hybridized carbons (Fsp3) is 0.0769. The first-order valence-electron chi connectivity index (χ1n) is 20.3. The lowest BCUT2D eigenvalue weighted by atomic mass is 10.1. The second kappa shape index (κ2) is 12.0. The van der Waals surface area contributed by atoms with Gasteiger partial charge in [-0.15, -0.1) is 0 Å². The van der Waals surface area contributed by atoms with E-state index in [2.05, 4.69) is 182 Å². The van der Waals surface area contributed by atoms with E-state index >= 15 is 0 Å². The second-order valence-corrected chi connectivity index (χ2v) is 15.6. The van der Waals surface area contributed by atoms with E-state index in [-0.39, 0.29) is 6.04 Å². The summed E-state index contributed by atoms with van der Waals surface area (Å²) in [5, 5.41) is 9.73. The molecule has 1 atom stereocenters. The highest BCUT2D eigenvalue weighted by Gasteiger charge is 2.26. The van der Waals surface area contributed by atoms with E-state index in [1.165, 1.54) is 70.9 Å². The molecule has 0 amide bonds. The van der Waals surface area contributed by atoms with Crippen LogP contribution in [0.15, 0.2) is 176 Å². The maximum atomic E-state index is 5.66. The molecule has 2 aliphatic carbocycles. The minimum atomic E-state index is 0.183. The molecule has 0 saturated carbocycles. The fourth-order valence-corrected chi connectivity index (χ4v) is 10.2. The molecular weight excluding hydrogens is 709 g/mol. The van der Waals surface area contributed by atoms with Gasteiger partial charge in [-0.25, -0.2) is 4.98 Å². The highest BCUT2D eigenvalue weighted by molar-refractivity contribution is 6.25. The Hall–Kier alpha value is -7.44. The molecule has 0 saturated heterocycles. The number of fused-ring (bicyclic) bond motifs is 14. The van der Waals surface area contributed by atoms with Crippen molar-refractivity contribution in [3.8, 4) is 11.6 Å². The fourth-order valence-electron chi connectivity index (χ4n) is 10.2. The summed E-state index contributed by atoms with van der Waals surface area (Å²) in [5.41, 5.74) is 10.5. The molecule has 274 valence electrons. The van der Waals surface area contributed by atoms with Gasteiger partial charge in [0.2, 0.25) is 0 Å². The molecule has 1 unspecified atom stereocenters. The van der Waals surface area contributed by atoms with Gasteiger partial charge in [-0.05, 0) is 49.6 Å². The lowest BCUT2D eigenvalue weighted by molar-refractivity contribution is 0.648. The third kappa shape index (κ3) is 4.26. The summed E-state index contributed by atoms with van der Waals surface area (Å²) in [6.07, 6.45) is 22.8. The van der Waals surface area contributed by atoms with Crippen molar-refractivity contribution in [3.05, 3.63) is 176 Å². The van der Waals surface area contributed by atoms with Crippen molar-refractivity contribution in [2.45, 2.75) is 25.3 Å². The van der Waals surface area contributed by atoms with Gasteiger partial charge in [0.25, 0.3) is 0 Å². The van der Waals surface area contributed by atoms with E-state index in [0.717, 1.165) is 53.0 Å². The molecule has 2 aliphatic rings. The zero-order chi connectivity index (χ0) is 37.9. The Morgan fingerprint density at radius 3 is 1.50 bits per heavy atom. The number of rotatable bonds is 4. The highest BCUT2D eigenvalue weighted by Crippen LogP contribution is 2.44. The molecule has 6 aromatic carbocycles. The van der Waals surface area contributed by atoms with Gasteiger partial charge >= 0.3 is 0 Å². The predicted octanol–water partition coefficient (Wildman–Crippen LogP) is 13.1. The Labute approximate surface area is 333 Å². The summed E-state index contributed by atoms with van der Waals surface area (Å²) in [5.74, 6) is 1.56. The lowest BCUT2D eigenvalue weighted by Crippen LogP contribution is -2.09. The van der Waals surface area contributed by atoms with Crippen molar-refractivity contribution in [2.24, 2.45) is 0 Å². The lowest BCUT2D eigenvalue weighted by Gasteiger charge is -2.19. The zero-order valence-electron chi connectivity index (χ0n) is 31.6. The topological polar surface area (TPSA) is 45.5 Å². The Balaban J connectivity index is 1.16. The van der Waals surface area contributed by atoms with Crippen molar-refractivity contribution in [3.63, 3.8) is 0 Å². The van der Waals surface area contributed by atoms with E-state index in [0.29, 0.717) is 0 Å². The van der Waals surface area contributed by atoms with Crippen LogP contribution in [0.1, 0.15) is 25.3 Å². The molecule has 0 bridgehead atoms. The molecule has 5 heterocycles. The molecule has 5 aromatic heterocycles. The van der Waals surface area contributed by atoms with Crippen LogP contribution in [0.4, 0.5) is 0 Å². The van der Waals surface area contributed by atoms with Gasteiger partial charge in [0.05, 0.1) is 57.1 Å². The van der Waals surface area contributed by atoms with Crippen LogP contribution >= 0.6 is 0 Å². The van der Waals surface area contributed by atoms with E-state index in [1.807, 2.05) is 12.4 Å². The van der Waals surface area contributed by atoms with E-state index < -0.39 is 0 Å². The summed E-state index contributed by atoms with van der Waals surface area (Å²) < 4.78 is 9.73. The van der Waals surface area contributed by atoms with Crippen LogP contribution in [0.2, 0.25) is 0 Å². The van der Waals surface area contributed by atoms with Gasteiger partial charge in [0.15, 0.2) is 11.6 Å². The summed E-state index contributed by atoms with van der Waals surface area (Å²) in [7, 11) is 0. The summed E-state index contributed by atoms with van der Waals surface area (Å²) in [4.78, 5) is 10.7. The largest absolute Gasteiger partial charge is 0.331 e. The number of hydrogen-bond acceptors (Lipinski definition) is 2. The maximum Gasteiger partial charge on any atom is 0.158 e. The molecule has 0 N–H and O–H groups in total. The molecule has 6 heteroatoms. The number of hydrogen-bond donors (Lipinski definition) is 0. The van der Waals surface area contributed by atoms with Crippen molar-refractivity contribution in [2.75, 3.05) is 0 Å². The number of allylic oxidation sites excluding steroid dienone is 8. The van der Waals surface area contributed by atoms with Gasteiger partial charge in [-0.2, -0.15) is 0 Å². The molecule has 0 spiro atoms. The van der Waals surface area contributed by atoms with E-state index in [9.17, 15) is 0 Å². The maximum absolute atomic E-state index is 5.66. The summed E-state index contributed by atoms with van der Waals surface area (Å²) in [6.45, 7) is 0. The third-order valence-electron chi connectivity index (χ3n) is 12.6. The van der Waals surface area contributed by atoms with Crippen LogP contribution < -0.4 is 0 Å². The Morgan fingerprint density at radius 2 is 0.948 bits per heavy atom. The van der Waals surface area contributed by atoms with Gasteiger partial charge < -0.3 is 9.13 Å². The first-order chi connectivity index (χ1) is 28.8. The van der Waals surface area contributed by atoms with Crippen molar-refractivity contribution in [1.82, 2.24) is 28.2 Å². The number of aromatic nitrogens is 6. The minimum Gasteiger partial charge on any atom is -0.331 e. The van der Waals surface area contributed by atoms with E-state index in [1.54, 1.807) is 0 Å². The normalized spacial score (nSPS) is 15.8. The van der Waals surface area contributed by atoms with E-state index in [4.69, 9.17) is 9.97 Å². The molecule has 0 fully saturated rings. The number of para-hydroxylation sites is 4. The number of benzene rings is 6. The minimum absolute atomic E-state index is 0.183. The predicted molar refractivity (Wildman–Crippen MR) is 241 cm³/mol. The molecule has 6 nitrogen and oxygen atoms in total. The van der Waals surface area contributed by atoms with Crippen LogP contribution in [-0.2, 0) is 0 Å². The zero-order valence-corrected chi connectivity index (χ0v) is 31.6. The first-order valence-corrected chi connectivity index (χ1v) is 20.3. The second-order valence-electron chi connectivity index (χ2n) is 15.6. The quantitative estimate of drug-likeness (QED) is 0.180. The Morgan fingerprint density at radius 1 is 0.448 bits per heavy atom. The summed E-state index contributed by atoms with van der Waals surface area (Å²) >= 11 is 0. The van der Waals surface area contributed by atoms with Crippen molar-refractivity contribution >= 4 is 92.9 Å².